The number of nitro benzene ring substituents is 1. The number of aryl methyl sites for hydroxylation is 1. The molecule has 8 heteroatoms. The van der Waals surface area contributed by atoms with Crippen molar-refractivity contribution < 1.29 is 9.72 Å². The number of non-ortho nitro benzene ring substituents is 1. The zero-order chi connectivity index (χ0) is 17.8. The number of carbonyl (C=O) groups is 1. The second kappa shape index (κ2) is 7.54. The molecule has 1 amide bonds. The number of carbonyl (C=O) groups excluding carboxylic acids is 1. The van der Waals surface area contributed by atoms with Crippen LogP contribution in [0.4, 0.5) is 5.69 Å². The van der Waals surface area contributed by atoms with Crippen molar-refractivity contribution in [3.63, 3.8) is 0 Å². The summed E-state index contributed by atoms with van der Waals surface area (Å²) in [5.74, 6) is -0.126. The monoisotopic (exact) mass is 373 g/mol. The smallest absolute Gasteiger partial charge is 0.269 e. The van der Waals surface area contributed by atoms with E-state index in [-0.39, 0.29) is 18.0 Å². The van der Waals surface area contributed by atoms with Crippen molar-refractivity contribution in [1.82, 2.24) is 10.3 Å². The van der Waals surface area contributed by atoms with Gasteiger partial charge in [-0.3, -0.25) is 14.9 Å². The molecule has 0 fully saturated rings. The van der Waals surface area contributed by atoms with E-state index >= 15 is 0 Å². The Balaban J connectivity index is 1.58. The molecule has 0 saturated heterocycles. The molecule has 0 saturated carbocycles. The first-order valence-electron chi connectivity index (χ1n) is 7.53. The van der Waals surface area contributed by atoms with E-state index in [1.54, 1.807) is 34.8 Å². The molecule has 0 atom stereocenters. The van der Waals surface area contributed by atoms with Crippen LogP contribution in [0.2, 0.25) is 0 Å². The Hall–Kier alpha value is -2.58. The SMILES string of the molecule is Cc1nc(-c2cccs2)sc1CNC(=O)Cc1ccc([N+](=O)[O-])cc1. The van der Waals surface area contributed by atoms with Gasteiger partial charge in [0, 0.05) is 17.0 Å². The Kier molecular flexibility index (Phi) is 5.20. The fourth-order valence-electron chi connectivity index (χ4n) is 2.26. The molecule has 0 aliphatic rings. The fraction of sp³-hybridized carbons (Fsp3) is 0.176. The van der Waals surface area contributed by atoms with Gasteiger partial charge in [-0.15, -0.1) is 22.7 Å². The van der Waals surface area contributed by atoms with Crippen molar-refractivity contribution in [2.45, 2.75) is 19.9 Å². The van der Waals surface area contributed by atoms with Crippen LogP contribution < -0.4 is 5.32 Å². The first-order valence-corrected chi connectivity index (χ1v) is 9.23. The molecule has 2 heterocycles. The minimum atomic E-state index is -0.457. The standard InChI is InChI=1S/C17H15N3O3S2/c1-11-15(25-17(19-11)14-3-2-8-24-14)10-18-16(21)9-12-4-6-13(7-5-12)20(22)23/h2-8H,9-10H2,1H3,(H,18,21). The molecule has 0 aliphatic heterocycles. The lowest BCUT2D eigenvalue weighted by Gasteiger charge is -2.04. The van der Waals surface area contributed by atoms with E-state index in [9.17, 15) is 14.9 Å². The van der Waals surface area contributed by atoms with E-state index in [0.29, 0.717) is 6.54 Å². The van der Waals surface area contributed by atoms with Crippen LogP contribution in [-0.2, 0) is 17.8 Å². The molecule has 2 aromatic heterocycles. The van der Waals surface area contributed by atoms with E-state index in [1.165, 1.54) is 12.1 Å². The largest absolute Gasteiger partial charge is 0.351 e. The maximum Gasteiger partial charge on any atom is 0.269 e. The number of benzene rings is 1. The normalized spacial score (nSPS) is 10.6. The number of nitrogens with zero attached hydrogens (tertiary/aromatic N) is 2. The molecular weight excluding hydrogens is 358 g/mol. The number of thiophene rings is 1. The zero-order valence-corrected chi connectivity index (χ0v) is 15.0. The van der Waals surface area contributed by atoms with E-state index < -0.39 is 4.92 Å². The molecule has 3 rings (SSSR count). The van der Waals surface area contributed by atoms with Crippen LogP contribution in [0.15, 0.2) is 41.8 Å². The van der Waals surface area contributed by atoms with Crippen molar-refractivity contribution >= 4 is 34.3 Å². The first-order chi connectivity index (χ1) is 12.0. The van der Waals surface area contributed by atoms with Crippen LogP contribution in [0.1, 0.15) is 16.1 Å². The zero-order valence-electron chi connectivity index (χ0n) is 13.4. The number of thiazole rings is 1. The molecular formula is C17H15N3O3S2. The van der Waals surface area contributed by atoms with Gasteiger partial charge in [-0.1, -0.05) is 18.2 Å². The third-order valence-corrected chi connectivity index (χ3v) is 5.78. The van der Waals surface area contributed by atoms with Crippen molar-refractivity contribution in [3.8, 4) is 9.88 Å². The van der Waals surface area contributed by atoms with Gasteiger partial charge in [0.2, 0.25) is 5.91 Å². The number of rotatable bonds is 6. The van der Waals surface area contributed by atoms with Gasteiger partial charge in [-0.2, -0.15) is 0 Å². The Bertz CT molecular complexity index is 887. The summed E-state index contributed by atoms with van der Waals surface area (Å²) in [5, 5.41) is 16.5. The lowest BCUT2D eigenvalue weighted by atomic mass is 10.1. The molecule has 25 heavy (non-hydrogen) atoms. The topological polar surface area (TPSA) is 85.1 Å². The highest BCUT2D eigenvalue weighted by molar-refractivity contribution is 7.21. The van der Waals surface area contributed by atoms with Crippen LogP contribution in [-0.4, -0.2) is 15.8 Å². The summed E-state index contributed by atoms with van der Waals surface area (Å²) in [6.45, 7) is 2.37. The van der Waals surface area contributed by atoms with Gasteiger partial charge < -0.3 is 5.32 Å². The van der Waals surface area contributed by atoms with Crippen molar-refractivity contribution in [2.24, 2.45) is 0 Å². The molecule has 3 aromatic rings. The minimum absolute atomic E-state index is 0.0190. The molecule has 0 aliphatic carbocycles. The summed E-state index contributed by atoms with van der Waals surface area (Å²) in [7, 11) is 0. The molecule has 0 unspecified atom stereocenters. The maximum absolute atomic E-state index is 12.1. The molecule has 1 N–H and O–H groups in total. The second-order valence-electron chi connectivity index (χ2n) is 5.38. The van der Waals surface area contributed by atoms with Gasteiger partial charge in [0.1, 0.15) is 5.01 Å². The predicted octanol–water partition coefficient (Wildman–Crippen LogP) is 3.95. The van der Waals surface area contributed by atoms with Crippen LogP contribution in [0, 0.1) is 17.0 Å². The van der Waals surface area contributed by atoms with Crippen molar-refractivity contribution in [3.05, 3.63) is 68.0 Å². The molecule has 6 nitrogen and oxygen atoms in total. The van der Waals surface area contributed by atoms with Gasteiger partial charge in [0.25, 0.3) is 5.69 Å². The van der Waals surface area contributed by atoms with Crippen molar-refractivity contribution in [2.75, 3.05) is 0 Å². The number of hydrogen-bond acceptors (Lipinski definition) is 6. The van der Waals surface area contributed by atoms with E-state index in [2.05, 4.69) is 10.3 Å². The summed E-state index contributed by atoms with van der Waals surface area (Å²) in [6.07, 6.45) is 0.188. The molecule has 0 spiro atoms. The molecule has 1 aromatic carbocycles. The van der Waals surface area contributed by atoms with Crippen LogP contribution in [0.5, 0.6) is 0 Å². The average molecular weight is 373 g/mol. The van der Waals surface area contributed by atoms with Crippen LogP contribution in [0.3, 0.4) is 0 Å². The lowest BCUT2D eigenvalue weighted by molar-refractivity contribution is -0.384. The summed E-state index contributed by atoms with van der Waals surface area (Å²) in [4.78, 5) is 29.0. The molecule has 0 bridgehead atoms. The van der Waals surface area contributed by atoms with Gasteiger partial charge in [-0.05, 0) is 23.9 Å². The third-order valence-electron chi connectivity index (χ3n) is 3.58. The van der Waals surface area contributed by atoms with Crippen LogP contribution >= 0.6 is 22.7 Å². The highest BCUT2D eigenvalue weighted by Gasteiger charge is 2.12. The molecule has 0 radical (unpaired) electrons. The number of amides is 1. The number of nitro groups is 1. The summed E-state index contributed by atoms with van der Waals surface area (Å²) in [5.41, 5.74) is 1.68. The Morgan fingerprint density at radius 3 is 2.68 bits per heavy atom. The third kappa shape index (κ3) is 4.28. The summed E-state index contributed by atoms with van der Waals surface area (Å²) >= 11 is 3.22. The van der Waals surface area contributed by atoms with E-state index in [1.807, 2.05) is 24.4 Å². The van der Waals surface area contributed by atoms with Gasteiger partial charge in [0.15, 0.2) is 0 Å². The lowest BCUT2D eigenvalue weighted by Crippen LogP contribution is -2.24. The van der Waals surface area contributed by atoms with Gasteiger partial charge >= 0.3 is 0 Å². The highest BCUT2D eigenvalue weighted by Crippen LogP contribution is 2.30. The number of aromatic nitrogens is 1. The summed E-state index contributed by atoms with van der Waals surface area (Å²) in [6, 6.07) is 10.0. The minimum Gasteiger partial charge on any atom is -0.351 e. The van der Waals surface area contributed by atoms with Crippen molar-refractivity contribution in [1.29, 1.82) is 0 Å². The average Bonchev–Trinajstić information content (AvgIpc) is 3.23. The van der Waals surface area contributed by atoms with Crippen LogP contribution in [0.25, 0.3) is 9.88 Å². The quantitative estimate of drug-likeness (QED) is 0.524. The predicted molar refractivity (Wildman–Crippen MR) is 98.8 cm³/mol. The second-order valence-corrected chi connectivity index (χ2v) is 7.41. The first kappa shape index (κ1) is 17.2. The van der Waals surface area contributed by atoms with Gasteiger partial charge in [-0.25, -0.2) is 4.98 Å². The Morgan fingerprint density at radius 1 is 1.28 bits per heavy atom. The fourth-order valence-corrected chi connectivity index (χ4v) is 4.06. The summed E-state index contributed by atoms with van der Waals surface area (Å²) < 4.78 is 0. The Morgan fingerprint density at radius 2 is 2.04 bits per heavy atom. The van der Waals surface area contributed by atoms with E-state index in [0.717, 1.165) is 26.0 Å². The Labute approximate surface area is 152 Å². The number of hydrogen-bond donors (Lipinski definition) is 1. The van der Waals surface area contributed by atoms with E-state index in [4.69, 9.17) is 0 Å². The molecule has 128 valence electrons. The maximum atomic E-state index is 12.1. The van der Waals surface area contributed by atoms with Gasteiger partial charge in [0.05, 0.1) is 28.5 Å². The number of nitrogens with one attached hydrogen (secondary N) is 1. The highest BCUT2D eigenvalue weighted by atomic mass is 32.1.